The minimum Gasteiger partial charge on any atom is -0.310 e. The maximum Gasteiger partial charge on any atom is 0.0540 e. The van der Waals surface area contributed by atoms with Crippen molar-refractivity contribution in [2.75, 3.05) is 4.90 Å². The number of rotatable bonds is 8. The monoisotopic (exact) mass is 731 g/mol. The van der Waals surface area contributed by atoms with Crippen LogP contribution in [0, 0.1) is 0 Å². The first-order chi connectivity index (χ1) is 27.8. The zero-order chi connectivity index (χ0) is 37.3. The van der Waals surface area contributed by atoms with Crippen molar-refractivity contribution >= 4 is 48.6 Å². The van der Waals surface area contributed by atoms with E-state index in [1.807, 2.05) is 11.3 Å². The van der Waals surface area contributed by atoms with Crippen molar-refractivity contribution in [1.82, 2.24) is 0 Å². The molecule has 56 heavy (non-hydrogen) atoms. The minimum atomic E-state index is 1.10. The number of hydrogen-bond acceptors (Lipinski definition) is 2. The van der Waals surface area contributed by atoms with Gasteiger partial charge >= 0.3 is 0 Å². The Morgan fingerprint density at radius 3 is 1.38 bits per heavy atom. The molecule has 0 aliphatic rings. The van der Waals surface area contributed by atoms with Gasteiger partial charge in [-0.1, -0.05) is 182 Å². The third kappa shape index (κ3) is 6.26. The number of hydrogen-bond donors (Lipinski definition) is 0. The van der Waals surface area contributed by atoms with Crippen LogP contribution < -0.4 is 4.90 Å². The molecule has 264 valence electrons. The van der Waals surface area contributed by atoms with Crippen molar-refractivity contribution in [3.8, 4) is 55.6 Å². The van der Waals surface area contributed by atoms with Gasteiger partial charge in [-0.05, 0) is 92.5 Å². The zero-order valence-electron chi connectivity index (χ0n) is 30.7. The van der Waals surface area contributed by atoms with Gasteiger partial charge in [0.15, 0.2) is 0 Å². The van der Waals surface area contributed by atoms with E-state index in [0.717, 1.165) is 17.1 Å². The molecule has 10 aromatic rings. The molecule has 1 aromatic heterocycles. The van der Waals surface area contributed by atoms with E-state index in [-0.39, 0.29) is 0 Å². The van der Waals surface area contributed by atoms with Crippen LogP contribution in [0.4, 0.5) is 17.1 Å². The lowest BCUT2D eigenvalue weighted by atomic mass is 9.89. The molecule has 9 aromatic carbocycles. The third-order valence-corrected chi connectivity index (χ3v) is 11.8. The average molecular weight is 732 g/mol. The second-order valence-electron chi connectivity index (χ2n) is 14.1. The van der Waals surface area contributed by atoms with Crippen molar-refractivity contribution in [3.63, 3.8) is 0 Å². The second-order valence-corrected chi connectivity index (χ2v) is 15.2. The van der Waals surface area contributed by atoms with Gasteiger partial charge in [0, 0.05) is 37.1 Å². The predicted octanol–water partition coefficient (Wildman–Crippen LogP) is 15.9. The molecule has 0 fully saturated rings. The average Bonchev–Trinajstić information content (AvgIpc) is 3.66. The molecule has 0 atom stereocenters. The van der Waals surface area contributed by atoms with E-state index < -0.39 is 0 Å². The molecule has 10 rings (SSSR count). The molecule has 0 unspecified atom stereocenters. The highest BCUT2D eigenvalue weighted by atomic mass is 32.1. The topological polar surface area (TPSA) is 3.24 Å². The van der Waals surface area contributed by atoms with Gasteiger partial charge in [0.1, 0.15) is 0 Å². The summed E-state index contributed by atoms with van der Waals surface area (Å²) in [5.74, 6) is 0. The minimum absolute atomic E-state index is 1.10. The maximum absolute atomic E-state index is 2.43. The summed E-state index contributed by atoms with van der Waals surface area (Å²) in [6.45, 7) is 0. The molecule has 0 spiro atoms. The first-order valence-electron chi connectivity index (χ1n) is 19.1. The first kappa shape index (κ1) is 33.6. The van der Waals surface area contributed by atoms with Gasteiger partial charge in [-0.25, -0.2) is 0 Å². The van der Waals surface area contributed by atoms with Crippen molar-refractivity contribution in [2.24, 2.45) is 0 Å². The van der Waals surface area contributed by atoms with Crippen LogP contribution in [0.25, 0.3) is 75.8 Å². The number of nitrogens with zero attached hydrogens (tertiary/aromatic N) is 1. The highest BCUT2D eigenvalue weighted by Crippen LogP contribution is 2.46. The van der Waals surface area contributed by atoms with Gasteiger partial charge in [-0.15, -0.1) is 11.3 Å². The smallest absolute Gasteiger partial charge is 0.0540 e. The van der Waals surface area contributed by atoms with Crippen LogP contribution in [0.15, 0.2) is 224 Å². The standard InChI is InChI=1S/C54H37NS/c1-4-16-38(17-5-1)42-30-35-52(51(36-42)40-20-8-3-9-21-40)55(44-33-34-50-49-26-14-15-27-53(49)56-54(50)37-44)43-31-28-41(29-32-43)46-23-11-13-25-48(46)47-24-12-10-22-45(47)39-18-6-2-7-19-39/h1-37H. The Hall–Kier alpha value is -7.00. The van der Waals surface area contributed by atoms with Crippen molar-refractivity contribution in [3.05, 3.63) is 224 Å². The summed E-state index contributed by atoms with van der Waals surface area (Å²) in [4.78, 5) is 2.43. The van der Waals surface area contributed by atoms with Crippen molar-refractivity contribution in [2.45, 2.75) is 0 Å². The summed E-state index contributed by atoms with van der Waals surface area (Å²) in [5.41, 5.74) is 15.4. The van der Waals surface area contributed by atoms with Crippen molar-refractivity contribution < 1.29 is 0 Å². The molecule has 1 nitrogen and oxygen atoms in total. The molecule has 0 saturated carbocycles. The Balaban J connectivity index is 1.14. The van der Waals surface area contributed by atoms with Crippen LogP contribution in [0.1, 0.15) is 0 Å². The molecular weight excluding hydrogens is 695 g/mol. The van der Waals surface area contributed by atoms with Crippen molar-refractivity contribution in [1.29, 1.82) is 0 Å². The van der Waals surface area contributed by atoms with E-state index in [1.54, 1.807) is 0 Å². The van der Waals surface area contributed by atoms with Gasteiger partial charge in [-0.2, -0.15) is 0 Å². The fourth-order valence-electron chi connectivity index (χ4n) is 8.02. The van der Waals surface area contributed by atoms with Crippen LogP contribution in [0.3, 0.4) is 0 Å². The summed E-state index contributed by atoms with van der Waals surface area (Å²) < 4.78 is 2.58. The van der Waals surface area contributed by atoms with Gasteiger partial charge in [0.25, 0.3) is 0 Å². The van der Waals surface area contributed by atoms with Crippen LogP contribution in [0.2, 0.25) is 0 Å². The first-order valence-corrected chi connectivity index (χ1v) is 19.9. The van der Waals surface area contributed by atoms with Gasteiger partial charge in [0.2, 0.25) is 0 Å². The van der Waals surface area contributed by atoms with Crippen LogP contribution in [-0.2, 0) is 0 Å². The zero-order valence-corrected chi connectivity index (χ0v) is 31.5. The Morgan fingerprint density at radius 1 is 0.268 bits per heavy atom. The third-order valence-electron chi connectivity index (χ3n) is 10.7. The SMILES string of the molecule is c1ccc(-c2ccc(N(c3ccc(-c4ccccc4-c4ccccc4-c4ccccc4)cc3)c3ccc4c(c3)sc3ccccc34)c(-c3ccccc3)c2)cc1. The van der Waals surface area contributed by atoms with E-state index in [2.05, 4.69) is 229 Å². The summed E-state index contributed by atoms with van der Waals surface area (Å²) in [6, 6.07) is 81.3. The molecule has 1 heterocycles. The number of benzene rings is 9. The summed E-state index contributed by atoms with van der Waals surface area (Å²) >= 11 is 1.86. The predicted molar refractivity (Wildman–Crippen MR) is 241 cm³/mol. The van der Waals surface area contributed by atoms with E-state index >= 15 is 0 Å². The maximum atomic E-state index is 2.43. The number of anilines is 3. The summed E-state index contributed by atoms with van der Waals surface area (Å²) in [7, 11) is 0. The molecule has 0 saturated heterocycles. The fourth-order valence-corrected chi connectivity index (χ4v) is 9.16. The van der Waals surface area contributed by atoms with Crippen LogP contribution in [-0.4, -0.2) is 0 Å². The lowest BCUT2D eigenvalue weighted by Gasteiger charge is -2.29. The molecule has 2 heteroatoms. The highest BCUT2D eigenvalue weighted by Gasteiger charge is 2.20. The molecule has 0 aliphatic heterocycles. The molecule has 0 bridgehead atoms. The fraction of sp³-hybridized carbons (Fsp3) is 0. The molecule has 0 radical (unpaired) electrons. The molecule has 0 amide bonds. The number of fused-ring (bicyclic) bond motifs is 3. The van der Waals surface area contributed by atoms with Gasteiger partial charge in [-0.3, -0.25) is 0 Å². The van der Waals surface area contributed by atoms with E-state index in [1.165, 1.54) is 75.8 Å². The summed E-state index contributed by atoms with van der Waals surface area (Å²) in [5, 5.41) is 2.60. The lowest BCUT2D eigenvalue weighted by molar-refractivity contribution is 1.29. The van der Waals surface area contributed by atoms with Crippen LogP contribution in [0.5, 0.6) is 0 Å². The van der Waals surface area contributed by atoms with E-state index in [4.69, 9.17) is 0 Å². The van der Waals surface area contributed by atoms with Gasteiger partial charge < -0.3 is 4.90 Å². The Kier molecular flexibility index (Phi) is 8.79. The lowest BCUT2D eigenvalue weighted by Crippen LogP contribution is -2.11. The highest BCUT2D eigenvalue weighted by molar-refractivity contribution is 7.25. The normalized spacial score (nSPS) is 11.2. The quantitative estimate of drug-likeness (QED) is 0.150. The number of thiophene rings is 1. The van der Waals surface area contributed by atoms with Gasteiger partial charge in [0.05, 0.1) is 5.69 Å². The Labute approximate surface area is 332 Å². The van der Waals surface area contributed by atoms with Crippen LogP contribution >= 0.6 is 11.3 Å². The van der Waals surface area contributed by atoms with E-state index in [9.17, 15) is 0 Å². The molecular formula is C54H37NS. The summed E-state index contributed by atoms with van der Waals surface area (Å²) in [6.07, 6.45) is 0. The Bertz CT molecular complexity index is 2950. The Morgan fingerprint density at radius 2 is 0.732 bits per heavy atom. The largest absolute Gasteiger partial charge is 0.310 e. The van der Waals surface area contributed by atoms with E-state index in [0.29, 0.717) is 0 Å². The second kappa shape index (κ2) is 14.7. The molecule has 0 N–H and O–H groups in total. The molecule has 0 aliphatic carbocycles.